The lowest BCUT2D eigenvalue weighted by Gasteiger charge is -2.07. The molecule has 62 valence electrons. The molecule has 1 fully saturated rings. The molecule has 0 amide bonds. The average molecular weight is 154 g/mol. The topological polar surface area (TPSA) is 26.3 Å². The maximum Gasteiger partial charge on any atom is 0.120 e. The first-order valence-electron chi connectivity index (χ1n) is 4.00. The van der Waals surface area contributed by atoms with Gasteiger partial charge in [0.25, 0.3) is 0 Å². The predicted octanol–water partition coefficient (Wildman–Crippen LogP) is 1.70. The number of hydrogen-bond donors (Lipinski definition) is 0. The highest BCUT2D eigenvalue weighted by molar-refractivity contribution is 5.49. The van der Waals surface area contributed by atoms with Gasteiger partial charge in [0, 0.05) is 6.42 Å². The Kier molecular flexibility index (Phi) is 2.83. The summed E-state index contributed by atoms with van der Waals surface area (Å²) in [7, 11) is 0. The lowest BCUT2D eigenvalue weighted by Crippen LogP contribution is -2.07. The Morgan fingerprint density at radius 3 is 3.00 bits per heavy atom. The monoisotopic (exact) mass is 154 g/mol. The van der Waals surface area contributed by atoms with E-state index in [1.54, 1.807) is 0 Å². The Bertz CT molecular complexity index is 163. The predicted molar refractivity (Wildman–Crippen MR) is 43.4 cm³/mol. The number of carbonyl (C=O) groups excluding carboxylic acids is 1. The molecule has 2 heteroatoms. The van der Waals surface area contributed by atoms with Crippen LogP contribution < -0.4 is 0 Å². The van der Waals surface area contributed by atoms with E-state index in [9.17, 15) is 4.79 Å². The third-order valence-electron chi connectivity index (χ3n) is 2.07. The maximum atomic E-state index is 10.0. The summed E-state index contributed by atoms with van der Waals surface area (Å²) in [5.41, 5.74) is 1.15. The summed E-state index contributed by atoms with van der Waals surface area (Å²) in [5, 5.41) is 0. The summed E-state index contributed by atoms with van der Waals surface area (Å²) in [6.45, 7) is 5.88. The summed E-state index contributed by atoms with van der Waals surface area (Å²) in [4.78, 5) is 10.0. The maximum absolute atomic E-state index is 10.0. The Morgan fingerprint density at radius 1 is 1.82 bits per heavy atom. The van der Waals surface area contributed by atoms with Crippen molar-refractivity contribution in [2.24, 2.45) is 0 Å². The molecule has 1 aliphatic heterocycles. The second kappa shape index (κ2) is 3.67. The lowest BCUT2D eigenvalue weighted by molar-refractivity contribution is -0.108. The molecule has 0 aromatic rings. The van der Waals surface area contributed by atoms with E-state index < -0.39 is 0 Å². The van der Waals surface area contributed by atoms with Gasteiger partial charge in [-0.2, -0.15) is 0 Å². The van der Waals surface area contributed by atoms with Gasteiger partial charge in [-0.15, -0.1) is 0 Å². The van der Waals surface area contributed by atoms with Gasteiger partial charge in [0.2, 0.25) is 0 Å². The Morgan fingerprint density at radius 2 is 2.55 bits per heavy atom. The average Bonchev–Trinajstić information content (AvgIpc) is 2.28. The van der Waals surface area contributed by atoms with Crippen molar-refractivity contribution < 1.29 is 9.53 Å². The van der Waals surface area contributed by atoms with E-state index in [0.29, 0.717) is 6.42 Å². The number of rotatable bonds is 3. The molecular weight excluding hydrogens is 140 g/mol. The van der Waals surface area contributed by atoms with Crippen LogP contribution in [-0.2, 0) is 9.53 Å². The van der Waals surface area contributed by atoms with Crippen molar-refractivity contribution in [2.45, 2.75) is 38.4 Å². The van der Waals surface area contributed by atoms with E-state index in [-0.39, 0.29) is 12.2 Å². The Hall–Kier alpha value is -0.630. The first-order valence-corrected chi connectivity index (χ1v) is 4.00. The molecule has 1 aliphatic rings. The van der Waals surface area contributed by atoms with Gasteiger partial charge in [-0.3, -0.25) is 0 Å². The minimum absolute atomic E-state index is 0.187. The second-order valence-electron chi connectivity index (χ2n) is 3.01. The highest BCUT2D eigenvalue weighted by atomic mass is 16.5. The number of carbonyl (C=O) groups is 1. The number of hydrogen-bond acceptors (Lipinski definition) is 2. The fourth-order valence-electron chi connectivity index (χ4n) is 1.32. The zero-order valence-electron chi connectivity index (χ0n) is 6.88. The lowest BCUT2D eigenvalue weighted by atomic mass is 10.1. The summed E-state index contributed by atoms with van der Waals surface area (Å²) in [5.74, 6) is 0. The third kappa shape index (κ3) is 2.15. The van der Waals surface area contributed by atoms with Crippen LogP contribution in [0.15, 0.2) is 12.2 Å². The fourth-order valence-corrected chi connectivity index (χ4v) is 1.32. The third-order valence-corrected chi connectivity index (χ3v) is 2.07. The van der Waals surface area contributed by atoms with Crippen molar-refractivity contribution in [1.29, 1.82) is 0 Å². The summed E-state index contributed by atoms with van der Waals surface area (Å²) >= 11 is 0. The van der Waals surface area contributed by atoms with Crippen molar-refractivity contribution in [3.8, 4) is 0 Å². The standard InChI is InChI=1S/C9H14O2/c1-7-6-9(4-3-5-10)11-8(7)2/h5,8-9H,1,3-4,6H2,2H3/t8-,9-/m0/s1. The van der Waals surface area contributed by atoms with E-state index in [1.807, 2.05) is 6.92 Å². The van der Waals surface area contributed by atoms with Gasteiger partial charge >= 0.3 is 0 Å². The first kappa shape index (κ1) is 8.47. The Labute approximate surface area is 67.2 Å². The second-order valence-corrected chi connectivity index (χ2v) is 3.01. The summed E-state index contributed by atoms with van der Waals surface area (Å²) < 4.78 is 5.52. The normalized spacial score (nSPS) is 30.8. The van der Waals surface area contributed by atoms with E-state index in [0.717, 1.165) is 24.7 Å². The highest BCUT2D eigenvalue weighted by Crippen LogP contribution is 2.26. The van der Waals surface area contributed by atoms with Crippen LogP contribution in [0.25, 0.3) is 0 Å². The van der Waals surface area contributed by atoms with Gasteiger partial charge in [0.1, 0.15) is 6.29 Å². The smallest absolute Gasteiger partial charge is 0.120 e. The van der Waals surface area contributed by atoms with Crippen LogP contribution in [0.5, 0.6) is 0 Å². The SMILES string of the molecule is C=C1C[C@H](CCC=O)O[C@H]1C. The molecule has 2 atom stereocenters. The van der Waals surface area contributed by atoms with Gasteiger partial charge in [-0.05, 0) is 25.3 Å². The van der Waals surface area contributed by atoms with E-state index >= 15 is 0 Å². The van der Waals surface area contributed by atoms with Crippen LogP contribution in [0.1, 0.15) is 26.2 Å². The van der Waals surface area contributed by atoms with Gasteiger partial charge in [-0.25, -0.2) is 0 Å². The molecule has 0 N–H and O–H groups in total. The van der Waals surface area contributed by atoms with Crippen LogP contribution in [0.2, 0.25) is 0 Å². The quantitative estimate of drug-likeness (QED) is 0.457. The van der Waals surface area contributed by atoms with Crippen molar-refractivity contribution in [2.75, 3.05) is 0 Å². The van der Waals surface area contributed by atoms with Gasteiger partial charge in [-0.1, -0.05) is 6.58 Å². The van der Waals surface area contributed by atoms with Crippen LogP contribution in [0.3, 0.4) is 0 Å². The molecule has 0 bridgehead atoms. The fraction of sp³-hybridized carbons (Fsp3) is 0.667. The molecule has 1 heterocycles. The van der Waals surface area contributed by atoms with Crippen molar-refractivity contribution in [1.82, 2.24) is 0 Å². The molecule has 0 aromatic carbocycles. The molecule has 1 saturated heterocycles. The van der Waals surface area contributed by atoms with E-state index in [4.69, 9.17) is 4.74 Å². The van der Waals surface area contributed by atoms with Gasteiger partial charge in [0.15, 0.2) is 0 Å². The van der Waals surface area contributed by atoms with Gasteiger partial charge < -0.3 is 9.53 Å². The zero-order valence-corrected chi connectivity index (χ0v) is 6.88. The van der Waals surface area contributed by atoms with Crippen molar-refractivity contribution >= 4 is 6.29 Å². The Balaban J connectivity index is 2.29. The molecule has 2 nitrogen and oxygen atoms in total. The van der Waals surface area contributed by atoms with Crippen LogP contribution in [0, 0.1) is 0 Å². The number of aldehydes is 1. The summed E-state index contributed by atoms with van der Waals surface area (Å²) in [6, 6.07) is 0. The molecule has 1 rings (SSSR count). The molecule has 0 saturated carbocycles. The van der Waals surface area contributed by atoms with Gasteiger partial charge in [0.05, 0.1) is 12.2 Å². The minimum atomic E-state index is 0.187. The number of ether oxygens (including phenoxy) is 1. The van der Waals surface area contributed by atoms with Crippen LogP contribution in [0.4, 0.5) is 0 Å². The molecule has 0 radical (unpaired) electrons. The minimum Gasteiger partial charge on any atom is -0.371 e. The summed E-state index contributed by atoms with van der Waals surface area (Å²) in [6.07, 6.45) is 3.73. The first-order chi connectivity index (χ1) is 5.24. The molecular formula is C9H14O2. The van der Waals surface area contributed by atoms with Crippen molar-refractivity contribution in [3.63, 3.8) is 0 Å². The van der Waals surface area contributed by atoms with E-state index in [1.165, 1.54) is 0 Å². The largest absolute Gasteiger partial charge is 0.371 e. The zero-order chi connectivity index (χ0) is 8.27. The molecule has 0 aromatic heterocycles. The molecule has 0 unspecified atom stereocenters. The van der Waals surface area contributed by atoms with Crippen LogP contribution in [-0.4, -0.2) is 18.5 Å². The van der Waals surface area contributed by atoms with Crippen molar-refractivity contribution in [3.05, 3.63) is 12.2 Å². The highest BCUT2D eigenvalue weighted by Gasteiger charge is 2.24. The van der Waals surface area contributed by atoms with E-state index in [2.05, 4.69) is 6.58 Å². The molecule has 11 heavy (non-hydrogen) atoms. The molecule has 0 aliphatic carbocycles. The van der Waals surface area contributed by atoms with Crippen LogP contribution >= 0.6 is 0 Å². The molecule has 0 spiro atoms.